The predicted octanol–water partition coefficient (Wildman–Crippen LogP) is 1.73. The topological polar surface area (TPSA) is 84.2 Å². The van der Waals surface area contributed by atoms with Gasteiger partial charge in [0.1, 0.15) is 0 Å². The summed E-state index contributed by atoms with van der Waals surface area (Å²) in [5, 5.41) is 5.77. The normalized spacial score (nSPS) is 10.2. The Morgan fingerprint density at radius 3 is 2.04 bits per heavy atom. The third-order valence-electron chi connectivity index (χ3n) is 3.25. The first-order valence-electron chi connectivity index (χ1n) is 7.17. The first-order chi connectivity index (χ1) is 11.1. The van der Waals surface area contributed by atoms with Crippen molar-refractivity contribution >= 4 is 23.4 Å². The number of hydrogen-bond donors (Lipinski definition) is 3. The lowest BCUT2D eigenvalue weighted by Gasteiger charge is -2.08. The zero-order chi connectivity index (χ0) is 16.7. The summed E-state index contributed by atoms with van der Waals surface area (Å²) in [6.07, 6.45) is 0. The van der Waals surface area contributed by atoms with Gasteiger partial charge in [0.05, 0.1) is 0 Å². The molecule has 0 atom stereocenters. The second kappa shape index (κ2) is 8.31. The van der Waals surface area contributed by atoms with Crippen molar-refractivity contribution in [3.8, 4) is 0 Å². The maximum Gasteiger partial charge on any atom is 0.309 e. The van der Waals surface area contributed by atoms with Gasteiger partial charge in [0.25, 0.3) is 0 Å². The fourth-order valence-corrected chi connectivity index (χ4v) is 2.12. The highest BCUT2D eigenvalue weighted by molar-refractivity contribution is 6.35. The lowest BCUT2D eigenvalue weighted by molar-refractivity contribution is -0.139. The Hall–Kier alpha value is -2.37. The van der Waals surface area contributed by atoms with Crippen LogP contribution in [-0.4, -0.2) is 11.8 Å². The molecule has 0 fully saturated rings. The van der Waals surface area contributed by atoms with Gasteiger partial charge in [0.15, 0.2) is 0 Å². The van der Waals surface area contributed by atoms with Crippen molar-refractivity contribution in [1.82, 2.24) is 10.6 Å². The van der Waals surface area contributed by atoms with Gasteiger partial charge in [-0.15, -0.1) is 0 Å². The number of nitrogens with two attached hydrogens (primary N) is 1. The molecule has 4 N–H and O–H groups in total. The average molecular weight is 332 g/mol. The van der Waals surface area contributed by atoms with Crippen molar-refractivity contribution in [2.24, 2.45) is 5.73 Å². The van der Waals surface area contributed by atoms with Gasteiger partial charge in [-0.05, 0) is 28.8 Å². The standard InChI is InChI=1S/C17H18ClN3O2/c18-15-6-4-12(5-7-15)10-20-16(22)17(23)21-11-14-3-1-2-13(8-14)9-19/h1-8H,9-11,19H2,(H,20,22)(H,21,23). The van der Waals surface area contributed by atoms with Crippen molar-refractivity contribution < 1.29 is 9.59 Å². The molecular formula is C17H18ClN3O2. The molecular weight excluding hydrogens is 314 g/mol. The molecule has 0 aliphatic heterocycles. The Morgan fingerprint density at radius 1 is 0.870 bits per heavy atom. The van der Waals surface area contributed by atoms with Crippen molar-refractivity contribution in [3.63, 3.8) is 0 Å². The smallest absolute Gasteiger partial charge is 0.309 e. The average Bonchev–Trinajstić information content (AvgIpc) is 2.59. The molecule has 0 unspecified atom stereocenters. The van der Waals surface area contributed by atoms with E-state index in [1.807, 2.05) is 24.3 Å². The fraction of sp³-hybridized carbons (Fsp3) is 0.176. The maximum atomic E-state index is 11.8. The lowest BCUT2D eigenvalue weighted by Crippen LogP contribution is -2.39. The van der Waals surface area contributed by atoms with Gasteiger partial charge in [-0.2, -0.15) is 0 Å². The number of carbonyl (C=O) groups is 2. The van der Waals surface area contributed by atoms with Crippen molar-refractivity contribution in [3.05, 3.63) is 70.2 Å². The van der Waals surface area contributed by atoms with Gasteiger partial charge >= 0.3 is 11.8 Å². The summed E-state index contributed by atoms with van der Waals surface area (Å²) in [5.41, 5.74) is 8.31. The summed E-state index contributed by atoms with van der Waals surface area (Å²) < 4.78 is 0. The number of amides is 2. The molecule has 2 amide bonds. The predicted molar refractivity (Wildman–Crippen MR) is 89.5 cm³/mol. The number of rotatable bonds is 5. The van der Waals surface area contributed by atoms with Gasteiger partial charge < -0.3 is 16.4 Å². The second-order valence-corrected chi connectivity index (χ2v) is 5.45. The molecule has 2 aromatic carbocycles. The van der Waals surface area contributed by atoms with Gasteiger partial charge in [0.2, 0.25) is 0 Å². The van der Waals surface area contributed by atoms with Crippen molar-refractivity contribution in [2.75, 3.05) is 0 Å². The van der Waals surface area contributed by atoms with Gasteiger partial charge in [-0.3, -0.25) is 9.59 Å². The van der Waals surface area contributed by atoms with Crippen LogP contribution in [-0.2, 0) is 29.2 Å². The van der Waals surface area contributed by atoms with Crippen LogP contribution in [0.5, 0.6) is 0 Å². The minimum atomic E-state index is -0.671. The summed E-state index contributed by atoms with van der Waals surface area (Å²) >= 11 is 5.79. The van der Waals surface area contributed by atoms with E-state index < -0.39 is 11.8 Å². The van der Waals surface area contributed by atoms with Gasteiger partial charge in [-0.25, -0.2) is 0 Å². The molecule has 2 aromatic rings. The highest BCUT2D eigenvalue weighted by atomic mass is 35.5. The van der Waals surface area contributed by atoms with E-state index in [0.29, 0.717) is 11.6 Å². The third kappa shape index (κ3) is 5.39. The minimum Gasteiger partial charge on any atom is -0.344 e. The zero-order valence-electron chi connectivity index (χ0n) is 12.5. The summed E-state index contributed by atoms with van der Waals surface area (Å²) in [6.45, 7) is 0.983. The van der Waals surface area contributed by atoms with Crippen LogP contribution < -0.4 is 16.4 Å². The van der Waals surface area contributed by atoms with Crippen LogP contribution >= 0.6 is 11.6 Å². The molecule has 2 rings (SSSR count). The number of carbonyl (C=O) groups excluding carboxylic acids is 2. The molecule has 0 saturated carbocycles. The van der Waals surface area contributed by atoms with E-state index in [-0.39, 0.29) is 13.1 Å². The highest BCUT2D eigenvalue weighted by Crippen LogP contribution is 2.09. The molecule has 0 bridgehead atoms. The molecule has 23 heavy (non-hydrogen) atoms. The van der Waals surface area contributed by atoms with E-state index >= 15 is 0 Å². The fourth-order valence-electron chi connectivity index (χ4n) is 1.99. The number of benzene rings is 2. The first kappa shape index (κ1) is 17.0. The molecule has 0 aromatic heterocycles. The van der Waals surface area contributed by atoms with Gasteiger partial charge in [0, 0.05) is 24.7 Å². The lowest BCUT2D eigenvalue weighted by atomic mass is 10.1. The Kier molecular flexibility index (Phi) is 6.14. The number of nitrogens with one attached hydrogen (secondary N) is 2. The third-order valence-corrected chi connectivity index (χ3v) is 3.50. The van der Waals surface area contributed by atoms with E-state index in [4.69, 9.17) is 17.3 Å². The van der Waals surface area contributed by atoms with E-state index in [1.165, 1.54) is 0 Å². The van der Waals surface area contributed by atoms with Gasteiger partial charge in [-0.1, -0.05) is 48.0 Å². The van der Waals surface area contributed by atoms with Crippen LogP contribution in [0.2, 0.25) is 5.02 Å². The second-order valence-electron chi connectivity index (χ2n) is 5.02. The van der Waals surface area contributed by atoms with E-state index in [9.17, 15) is 9.59 Å². The van der Waals surface area contributed by atoms with Crippen LogP contribution in [0.4, 0.5) is 0 Å². The molecule has 0 aliphatic carbocycles. The molecule has 6 heteroatoms. The van der Waals surface area contributed by atoms with Crippen LogP contribution in [0.25, 0.3) is 0 Å². The van der Waals surface area contributed by atoms with E-state index in [1.54, 1.807) is 24.3 Å². The van der Waals surface area contributed by atoms with Crippen LogP contribution in [0, 0.1) is 0 Å². The first-order valence-corrected chi connectivity index (χ1v) is 7.54. The summed E-state index contributed by atoms with van der Waals surface area (Å²) in [6, 6.07) is 14.6. The Balaban J connectivity index is 1.80. The summed E-state index contributed by atoms with van der Waals surface area (Å²) in [7, 11) is 0. The van der Waals surface area contributed by atoms with E-state index in [0.717, 1.165) is 16.7 Å². The molecule has 0 spiro atoms. The Labute approximate surface area is 139 Å². The summed E-state index contributed by atoms with van der Waals surface area (Å²) in [5.74, 6) is -1.34. The molecule has 0 radical (unpaired) electrons. The molecule has 120 valence electrons. The van der Waals surface area contributed by atoms with Crippen LogP contribution in [0.15, 0.2) is 48.5 Å². The Morgan fingerprint density at radius 2 is 1.43 bits per heavy atom. The molecule has 5 nitrogen and oxygen atoms in total. The van der Waals surface area contributed by atoms with Crippen LogP contribution in [0.1, 0.15) is 16.7 Å². The number of halogens is 1. The molecule has 0 aliphatic rings. The minimum absolute atomic E-state index is 0.270. The SMILES string of the molecule is NCc1cccc(CNC(=O)C(=O)NCc2ccc(Cl)cc2)c1. The highest BCUT2D eigenvalue weighted by Gasteiger charge is 2.12. The summed E-state index contributed by atoms with van der Waals surface area (Å²) in [4.78, 5) is 23.5. The van der Waals surface area contributed by atoms with Crippen molar-refractivity contribution in [1.29, 1.82) is 0 Å². The molecule has 0 saturated heterocycles. The maximum absolute atomic E-state index is 11.8. The molecule has 0 heterocycles. The largest absolute Gasteiger partial charge is 0.344 e. The Bertz CT molecular complexity index is 686. The van der Waals surface area contributed by atoms with Crippen molar-refractivity contribution in [2.45, 2.75) is 19.6 Å². The zero-order valence-corrected chi connectivity index (χ0v) is 13.3. The number of hydrogen-bond acceptors (Lipinski definition) is 3. The monoisotopic (exact) mass is 331 g/mol. The quantitative estimate of drug-likeness (QED) is 0.729. The van der Waals surface area contributed by atoms with E-state index in [2.05, 4.69) is 10.6 Å². The van der Waals surface area contributed by atoms with Crippen LogP contribution in [0.3, 0.4) is 0 Å².